The molecule has 0 bridgehead atoms. The lowest BCUT2D eigenvalue weighted by Gasteiger charge is -2.27. The summed E-state index contributed by atoms with van der Waals surface area (Å²) in [4.78, 5) is 26.0. The molecule has 7 nitrogen and oxygen atoms in total. The molecule has 0 spiro atoms. The molecule has 0 radical (unpaired) electrons. The molecule has 0 aliphatic carbocycles. The van der Waals surface area contributed by atoms with Gasteiger partial charge in [-0.15, -0.1) is 0 Å². The number of carbonyl (C=O) groups is 2. The van der Waals surface area contributed by atoms with Gasteiger partial charge < -0.3 is 20.7 Å². The number of hydrogen-bond donors (Lipinski definition) is 2. The number of hydrogen-bond acceptors (Lipinski definition) is 5. The van der Waals surface area contributed by atoms with Gasteiger partial charge in [0.25, 0.3) is 0 Å². The second-order valence-electron chi connectivity index (χ2n) is 6.45. The van der Waals surface area contributed by atoms with E-state index >= 15 is 0 Å². The Morgan fingerprint density at radius 2 is 2.18 bits per heavy atom. The Morgan fingerprint density at radius 3 is 2.73 bits per heavy atom. The number of nitrogens with two attached hydrogens (primary N) is 1. The fourth-order valence-electron chi connectivity index (χ4n) is 2.39. The first-order chi connectivity index (χ1) is 10.3. The van der Waals surface area contributed by atoms with Crippen LogP contribution in [0.4, 0.5) is 4.79 Å². The van der Waals surface area contributed by atoms with Gasteiger partial charge in [-0.2, -0.15) is 5.26 Å². The van der Waals surface area contributed by atoms with Crippen molar-refractivity contribution in [1.82, 2.24) is 10.2 Å². The zero-order chi connectivity index (χ0) is 16.8. The van der Waals surface area contributed by atoms with Crippen LogP contribution in [0.1, 0.15) is 46.5 Å². The summed E-state index contributed by atoms with van der Waals surface area (Å²) in [6.07, 6.45) is 1.90. The Bertz CT molecular complexity index is 439. The van der Waals surface area contributed by atoms with Crippen molar-refractivity contribution < 1.29 is 14.3 Å². The third-order valence-electron chi connectivity index (χ3n) is 3.37. The number of nitrogens with zero attached hydrogens (tertiary/aromatic N) is 2. The quantitative estimate of drug-likeness (QED) is 0.791. The Morgan fingerprint density at radius 1 is 1.50 bits per heavy atom. The minimum atomic E-state index is -0.702. The molecule has 1 heterocycles. The van der Waals surface area contributed by atoms with Crippen LogP contribution in [0.5, 0.6) is 0 Å². The SMILES string of the molecule is CC(C)(C)OC(=O)N[C@@H](CCCN)C(=O)N1CCC[C@H]1C#N. The standard InChI is InChI=1S/C15H26N4O3/c1-15(2,3)22-14(21)18-12(7-4-8-16)13(20)19-9-5-6-11(19)10-17/h11-12H,4-9,16H2,1-3H3,(H,18,21)/t11-,12-/m0/s1. The van der Waals surface area contributed by atoms with Crippen molar-refractivity contribution in [2.75, 3.05) is 13.1 Å². The second-order valence-corrected chi connectivity index (χ2v) is 6.45. The van der Waals surface area contributed by atoms with E-state index in [4.69, 9.17) is 15.7 Å². The summed E-state index contributed by atoms with van der Waals surface area (Å²) in [5.41, 5.74) is 4.86. The second kappa shape index (κ2) is 7.99. The van der Waals surface area contributed by atoms with Crippen molar-refractivity contribution in [3.63, 3.8) is 0 Å². The van der Waals surface area contributed by atoms with Crippen LogP contribution < -0.4 is 11.1 Å². The fourth-order valence-corrected chi connectivity index (χ4v) is 2.39. The van der Waals surface area contributed by atoms with Gasteiger partial charge in [-0.25, -0.2) is 4.79 Å². The van der Waals surface area contributed by atoms with E-state index in [2.05, 4.69) is 11.4 Å². The van der Waals surface area contributed by atoms with Crippen LogP contribution in [-0.2, 0) is 9.53 Å². The molecule has 0 saturated carbocycles. The highest BCUT2D eigenvalue weighted by molar-refractivity contribution is 5.86. The molecular weight excluding hydrogens is 284 g/mol. The van der Waals surface area contributed by atoms with Gasteiger partial charge in [-0.1, -0.05) is 0 Å². The van der Waals surface area contributed by atoms with Gasteiger partial charge in [0, 0.05) is 6.54 Å². The normalized spacial score (nSPS) is 19.4. The lowest BCUT2D eigenvalue weighted by molar-refractivity contribution is -0.133. The maximum Gasteiger partial charge on any atom is 0.408 e. The highest BCUT2D eigenvalue weighted by Gasteiger charge is 2.34. The number of ether oxygens (including phenoxy) is 1. The van der Waals surface area contributed by atoms with Gasteiger partial charge in [0.1, 0.15) is 17.7 Å². The van der Waals surface area contributed by atoms with Crippen LogP contribution in [0.2, 0.25) is 0 Å². The first kappa shape index (κ1) is 18.2. The summed E-state index contributed by atoms with van der Waals surface area (Å²) in [6, 6.07) is 1.02. The van der Waals surface area contributed by atoms with Crippen molar-refractivity contribution in [3.05, 3.63) is 0 Å². The number of amides is 2. The van der Waals surface area contributed by atoms with Crippen LogP contribution in [0, 0.1) is 11.3 Å². The van der Waals surface area contributed by atoms with E-state index < -0.39 is 23.8 Å². The van der Waals surface area contributed by atoms with Crippen molar-refractivity contribution in [2.24, 2.45) is 5.73 Å². The number of carbonyl (C=O) groups excluding carboxylic acids is 2. The average Bonchev–Trinajstić information content (AvgIpc) is 2.88. The Balaban J connectivity index is 2.73. The summed E-state index contributed by atoms with van der Waals surface area (Å²) in [7, 11) is 0. The molecule has 0 unspecified atom stereocenters. The molecule has 7 heteroatoms. The first-order valence-electron chi connectivity index (χ1n) is 7.68. The van der Waals surface area contributed by atoms with Gasteiger partial charge in [0.05, 0.1) is 6.07 Å². The lowest BCUT2D eigenvalue weighted by Crippen LogP contribution is -2.50. The van der Waals surface area contributed by atoms with Gasteiger partial charge >= 0.3 is 6.09 Å². The van der Waals surface area contributed by atoms with Gasteiger partial charge in [-0.3, -0.25) is 4.79 Å². The third kappa shape index (κ3) is 5.53. The van der Waals surface area contributed by atoms with Gasteiger partial charge in [-0.05, 0) is 53.0 Å². The molecule has 124 valence electrons. The van der Waals surface area contributed by atoms with Crippen LogP contribution >= 0.6 is 0 Å². The average molecular weight is 310 g/mol. The number of rotatable bonds is 5. The Hall–Kier alpha value is -1.81. The maximum atomic E-state index is 12.6. The first-order valence-corrected chi connectivity index (χ1v) is 7.68. The van der Waals surface area contributed by atoms with Gasteiger partial charge in [0.2, 0.25) is 5.91 Å². The molecule has 2 amide bonds. The molecule has 1 aliphatic heterocycles. The maximum absolute atomic E-state index is 12.6. The van der Waals surface area contributed by atoms with E-state index in [9.17, 15) is 9.59 Å². The molecular formula is C15H26N4O3. The Labute approximate surface area is 131 Å². The van der Waals surface area contributed by atoms with Crippen LogP contribution in [0.3, 0.4) is 0 Å². The molecule has 1 rings (SSSR count). The van der Waals surface area contributed by atoms with Crippen LogP contribution in [0.15, 0.2) is 0 Å². The van der Waals surface area contributed by atoms with Crippen molar-refractivity contribution >= 4 is 12.0 Å². The van der Waals surface area contributed by atoms with Crippen molar-refractivity contribution in [2.45, 2.75) is 64.1 Å². The van der Waals surface area contributed by atoms with Crippen LogP contribution in [-0.4, -0.2) is 47.7 Å². The molecule has 1 saturated heterocycles. The smallest absolute Gasteiger partial charge is 0.408 e. The van der Waals surface area contributed by atoms with Crippen molar-refractivity contribution in [1.29, 1.82) is 5.26 Å². The van der Waals surface area contributed by atoms with E-state index in [0.29, 0.717) is 32.4 Å². The highest BCUT2D eigenvalue weighted by Crippen LogP contribution is 2.19. The van der Waals surface area contributed by atoms with Gasteiger partial charge in [0.15, 0.2) is 0 Å². The summed E-state index contributed by atoms with van der Waals surface area (Å²) in [6.45, 7) is 6.26. The largest absolute Gasteiger partial charge is 0.444 e. The molecule has 22 heavy (non-hydrogen) atoms. The van der Waals surface area contributed by atoms with E-state index in [-0.39, 0.29) is 5.91 Å². The monoisotopic (exact) mass is 310 g/mol. The summed E-state index contributed by atoms with van der Waals surface area (Å²) >= 11 is 0. The molecule has 0 aromatic rings. The van der Waals surface area contributed by atoms with E-state index in [1.54, 1.807) is 25.7 Å². The summed E-state index contributed by atoms with van der Waals surface area (Å²) in [5.74, 6) is -0.233. The lowest BCUT2D eigenvalue weighted by atomic mass is 10.1. The Kier molecular flexibility index (Phi) is 6.62. The zero-order valence-corrected chi connectivity index (χ0v) is 13.6. The molecule has 0 aromatic carbocycles. The number of likely N-dealkylation sites (tertiary alicyclic amines) is 1. The number of alkyl carbamates (subject to hydrolysis) is 1. The molecule has 1 fully saturated rings. The topological polar surface area (TPSA) is 108 Å². The number of nitriles is 1. The van der Waals surface area contributed by atoms with Crippen molar-refractivity contribution in [3.8, 4) is 6.07 Å². The van der Waals surface area contributed by atoms with E-state index in [1.807, 2.05) is 0 Å². The number of nitrogens with one attached hydrogen (secondary N) is 1. The molecule has 0 aromatic heterocycles. The fraction of sp³-hybridized carbons (Fsp3) is 0.800. The van der Waals surface area contributed by atoms with E-state index in [1.165, 1.54) is 0 Å². The minimum Gasteiger partial charge on any atom is -0.444 e. The minimum absolute atomic E-state index is 0.233. The third-order valence-corrected chi connectivity index (χ3v) is 3.37. The highest BCUT2D eigenvalue weighted by atomic mass is 16.6. The molecule has 1 aliphatic rings. The van der Waals surface area contributed by atoms with E-state index in [0.717, 1.165) is 6.42 Å². The zero-order valence-electron chi connectivity index (χ0n) is 13.6. The van der Waals surface area contributed by atoms with Crippen LogP contribution in [0.25, 0.3) is 0 Å². The predicted molar refractivity (Wildman–Crippen MR) is 81.8 cm³/mol. The summed E-state index contributed by atoms with van der Waals surface area (Å²) in [5, 5.41) is 11.7. The molecule has 3 N–H and O–H groups in total. The molecule has 2 atom stereocenters. The predicted octanol–water partition coefficient (Wildman–Crippen LogP) is 1.13. The summed E-state index contributed by atoms with van der Waals surface area (Å²) < 4.78 is 5.20.